The van der Waals surface area contributed by atoms with Gasteiger partial charge in [0.25, 0.3) is 0 Å². The van der Waals surface area contributed by atoms with Crippen molar-refractivity contribution in [2.24, 2.45) is 5.41 Å². The van der Waals surface area contributed by atoms with Gasteiger partial charge in [0.15, 0.2) is 0 Å². The first-order valence-electron chi connectivity index (χ1n) is 4.54. The lowest BCUT2D eigenvalue weighted by Gasteiger charge is -2.38. The summed E-state index contributed by atoms with van der Waals surface area (Å²) >= 11 is 0. The highest BCUT2D eigenvalue weighted by Crippen LogP contribution is 2.24. The molecule has 0 atom stereocenters. The fraction of sp³-hybridized carbons (Fsp3) is 0.667. The van der Waals surface area contributed by atoms with E-state index in [2.05, 4.69) is 22.2 Å². The van der Waals surface area contributed by atoms with E-state index >= 15 is 0 Å². The summed E-state index contributed by atoms with van der Waals surface area (Å²) in [6.45, 7) is 5.85. The predicted octanol–water partition coefficient (Wildman–Crippen LogP) is 0.536. The molecule has 2 N–H and O–H groups in total. The van der Waals surface area contributed by atoms with Crippen LogP contribution in [0.3, 0.4) is 0 Å². The fourth-order valence-corrected chi connectivity index (χ4v) is 1.43. The first kappa shape index (κ1) is 8.72. The average molecular weight is 181 g/mol. The first-order chi connectivity index (χ1) is 6.29. The Labute approximate surface area is 77.7 Å². The van der Waals surface area contributed by atoms with Gasteiger partial charge in [-0.15, -0.1) is 0 Å². The molecular weight excluding hydrogens is 166 g/mol. The minimum Gasteiger partial charge on any atom is -0.380 e. The number of imidazole rings is 1. The van der Waals surface area contributed by atoms with Crippen molar-refractivity contribution in [1.29, 1.82) is 0 Å². The number of aromatic amines is 1. The van der Waals surface area contributed by atoms with E-state index in [0.29, 0.717) is 5.41 Å². The molecule has 1 fully saturated rings. The molecule has 0 aromatic carbocycles. The monoisotopic (exact) mass is 181 g/mol. The number of hydrogen-bond donors (Lipinski definition) is 2. The van der Waals surface area contributed by atoms with Gasteiger partial charge in [0, 0.05) is 30.4 Å². The molecule has 1 aromatic heterocycles. The summed E-state index contributed by atoms with van der Waals surface area (Å²) < 4.78 is 5.17. The maximum atomic E-state index is 5.17. The molecule has 0 bridgehead atoms. The van der Waals surface area contributed by atoms with Crippen molar-refractivity contribution < 1.29 is 4.74 Å². The lowest BCUT2D eigenvalue weighted by Crippen LogP contribution is -2.47. The summed E-state index contributed by atoms with van der Waals surface area (Å²) in [6.07, 6.45) is 3.54. The fourth-order valence-electron chi connectivity index (χ4n) is 1.43. The molecule has 0 saturated carbocycles. The second-order valence-electron chi connectivity index (χ2n) is 3.98. The Morgan fingerprint density at radius 2 is 2.54 bits per heavy atom. The Bertz CT molecular complexity index is 254. The molecule has 0 radical (unpaired) electrons. The second kappa shape index (κ2) is 3.47. The maximum Gasteiger partial charge on any atom is 0.0922 e. The van der Waals surface area contributed by atoms with Gasteiger partial charge >= 0.3 is 0 Å². The van der Waals surface area contributed by atoms with Crippen LogP contribution in [0.25, 0.3) is 0 Å². The van der Waals surface area contributed by atoms with Gasteiger partial charge < -0.3 is 15.0 Å². The van der Waals surface area contributed by atoms with E-state index in [9.17, 15) is 0 Å². The summed E-state index contributed by atoms with van der Waals surface area (Å²) in [5.41, 5.74) is 1.48. The van der Waals surface area contributed by atoms with E-state index in [0.717, 1.165) is 32.0 Å². The third kappa shape index (κ3) is 2.08. The van der Waals surface area contributed by atoms with E-state index in [1.54, 1.807) is 6.33 Å². The highest BCUT2D eigenvalue weighted by Gasteiger charge is 2.32. The zero-order valence-electron chi connectivity index (χ0n) is 7.84. The number of aromatic nitrogens is 2. The molecule has 1 aromatic rings. The summed E-state index contributed by atoms with van der Waals surface area (Å²) in [6, 6.07) is 0. The van der Waals surface area contributed by atoms with E-state index in [1.165, 1.54) is 0 Å². The zero-order chi connectivity index (χ0) is 9.15. The molecule has 4 nitrogen and oxygen atoms in total. The van der Waals surface area contributed by atoms with E-state index in [1.807, 2.05) is 6.20 Å². The molecule has 4 heteroatoms. The molecule has 1 saturated heterocycles. The van der Waals surface area contributed by atoms with Crippen LogP contribution in [0.15, 0.2) is 12.5 Å². The van der Waals surface area contributed by atoms with Crippen molar-refractivity contribution in [2.75, 3.05) is 19.8 Å². The molecule has 0 amide bonds. The molecule has 13 heavy (non-hydrogen) atoms. The van der Waals surface area contributed by atoms with Crippen molar-refractivity contribution in [3.63, 3.8) is 0 Å². The predicted molar refractivity (Wildman–Crippen MR) is 49.2 cm³/mol. The molecule has 2 heterocycles. The molecule has 1 aliphatic heterocycles. The van der Waals surface area contributed by atoms with Crippen LogP contribution in [0.2, 0.25) is 0 Å². The van der Waals surface area contributed by atoms with Crippen LogP contribution in [0.1, 0.15) is 12.6 Å². The summed E-state index contributed by atoms with van der Waals surface area (Å²) in [5.74, 6) is 0. The van der Waals surface area contributed by atoms with Crippen LogP contribution in [-0.2, 0) is 11.3 Å². The Morgan fingerprint density at radius 1 is 1.69 bits per heavy atom. The van der Waals surface area contributed by atoms with Crippen LogP contribution < -0.4 is 5.32 Å². The van der Waals surface area contributed by atoms with Crippen LogP contribution >= 0.6 is 0 Å². The Hall–Kier alpha value is -0.870. The average Bonchev–Trinajstić information content (AvgIpc) is 2.54. The Kier molecular flexibility index (Phi) is 2.33. The third-order valence-electron chi connectivity index (χ3n) is 2.32. The smallest absolute Gasteiger partial charge is 0.0922 e. The molecule has 1 aliphatic rings. The molecular formula is C9H15N3O. The number of nitrogens with one attached hydrogen (secondary N) is 2. The quantitative estimate of drug-likeness (QED) is 0.712. The topological polar surface area (TPSA) is 49.9 Å². The van der Waals surface area contributed by atoms with E-state index < -0.39 is 0 Å². The Morgan fingerprint density at radius 3 is 3.08 bits per heavy atom. The van der Waals surface area contributed by atoms with Gasteiger partial charge in [-0.1, -0.05) is 6.92 Å². The number of H-pyrrole nitrogens is 1. The van der Waals surface area contributed by atoms with Crippen molar-refractivity contribution in [1.82, 2.24) is 15.3 Å². The van der Waals surface area contributed by atoms with Crippen molar-refractivity contribution in [3.8, 4) is 0 Å². The number of rotatable bonds is 4. The standard InChI is InChI=1S/C9H15N3O/c1-9(5-13-6-9)4-10-2-8-3-11-7-12-8/h3,7,10H,2,4-6H2,1H3,(H,11,12). The molecule has 0 spiro atoms. The molecule has 2 rings (SSSR count). The SMILES string of the molecule is CC1(CNCc2cnc[nH]2)COC1. The van der Waals surface area contributed by atoms with Crippen LogP contribution in [0, 0.1) is 5.41 Å². The summed E-state index contributed by atoms with van der Waals surface area (Å²) in [5, 5.41) is 3.38. The molecule has 0 unspecified atom stereocenters. The van der Waals surface area contributed by atoms with Gasteiger partial charge in [0.2, 0.25) is 0 Å². The zero-order valence-corrected chi connectivity index (χ0v) is 7.84. The number of ether oxygens (including phenoxy) is 1. The lowest BCUT2D eigenvalue weighted by atomic mass is 9.89. The van der Waals surface area contributed by atoms with Gasteiger partial charge in [0.1, 0.15) is 0 Å². The number of hydrogen-bond acceptors (Lipinski definition) is 3. The second-order valence-corrected chi connectivity index (χ2v) is 3.98. The van der Waals surface area contributed by atoms with Gasteiger partial charge in [-0.2, -0.15) is 0 Å². The van der Waals surface area contributed by atoms with Gasteiger partial charge in [-0.05, 0) is 0 Å². The van der Waals surface area contributed by atoms with Crippen LogP contribution in [0.5, 0.6) is 0 Å². The van der Waals surface area contributed by atoms with Crippen LogP contribution in [-0.4, -0.2) is 29.7 Å². The largest absolute Gasteiger partial charge is 0.380 e. The minimum absolute atomic E-state index is 0.347. The Balaban J connectivity index is 1.69. The maximum absolute atomic E-state index is 5.17. The van der Waals surface area contributed by atoms with Crippen molar-refractivity contribution >= 4 is 0 Å². The summed E-state index contributed by atoms with van der Waals surface area (Å²) in [7, 11) is 0. The highest BCUT2D eigenvalue weighted by molar-refractivity contribution is 4.94. The van der Waals surface area contributed by atoms with Crippen molar-refractivity contribution in [2.45, 2.75) is 13.5 Å². The molecule has 72 valence electrons. The summed E-state index contributed by atoms with van der Waals surface area (Å²) in [4.78, 5) is 7.01. The van der Waals surface area contributed by atoms with E-state index in [4.69, 9.17) is 4.74 Å². The normalized spacial score (nSPS) is 19.8. The van der Waals surface area contributed by atoms with Gasteiger partial charge in [-0.25, -0.2) is 4.98 Å². The minimum atomic E-state index is 0.347. The number of nitrogens with zero attached hydrogens (tertiary/aromatic N) is 1. The van der Waals surface area contributed by atoms with Crippen molar-refractivity contribution in [3.05, 3.63) is 18.2 Å². The molecule has 0 aliphatic carbocycles. The van der Waals surface area contributed by atoms with Gasteiger partial charge in [-0.3, -0.25) is 0 Å². The van der Waals surface area contributed by atoms with Gasteiger partial charge in [0.05, 0.1) is 19.5 Å². The first-order valence-corrected chi connectivity index (χ1v) is 4.54. The highest BCUT2D eigenvalue weighted by atomic mass is 16.5. The lowest BCUT2D eigenvalue weighted by molar-refractivity contribution is -0.0991. The van der Waals surface area contributed by atoms with E-state index in [-0.39, 0.29) is 0 Å². The van der Waals surface area contributed by atoms with Crippen LogP contribution in [0.4, 0.5) is 0 Å². The third-order valence-corrected chi connectivity index (χ3v) is 2.32.